The SMILES string of the molecule is O=C(NCc1ccco1)c1cc(=O)c(OCc2ccc(Cl)c(Cl)c2)co1. The molecule has 0 spiro atoms. The first-order valence-electron chi connectivity index (χ1n) is 7.53. The van der Waals surface area contributed by atoms with Gasteiger partial charge in [0.2, 0.25) is 11.2 Å². The van der Waals surface area contributed by atoms with E-state index >= 15 is 0 Å². The lowest BCUT2D eigenvalue weighted by molar-refractivity contribution is 0.0916. The van der Waals surface area contributed by atoms with Gasteiger partial charge in [-0.1, -0.05) is 29.3 Å². The number of ether oxygens (including phenoxy) is 1. The summed E-state index contributed by atoms with van der Waals surface area (Å²) in [4.78, 5) is 24.1. The number of amides is 1. The lowest BCUT2D eigenvalue weighted by Crippen LogP contribution is -2.23. The van der Waals surface area contributed by atoms with Gasteiger partial charge in [0, 0.05) is 6.07 Å². The summed E-state index contributed by atoms with van der Waals surface area (Å²) in [5.41, 5.74) is 0.263. The molecule has 0 radical (unpaired) electrons. The van der Waals surface area contributed by atoms with Gasteiger partial charge in [0.15, 0.2) is 5.76 Å². The third kappa shape index (κ3) is 4.47. The van der Waals surface area contributed by atoms with Crippen LogP contribution in [-0.2, 0) is 13.2 Å². The number of nitrogens with one attached hydrogen (secondary N) is 1. The summed E-state index contributed by atoms with van der Waals surface area (Å²) in [5.74, 6) is -0.0843. The van der Waals surface area contributed by atoms with Gasteiger partial charge < -0.3 is 18.9 Å². The largest absolute Gasteiger partial charge is 0.482 e. The molecular weight excluding hydrogens is 381 g/mol. The minimum Gasteiger partial charge on any atom is -0.482 e. The molecule has 0 saturated heterocycles. The first-order valence-corrected chi connectivity index (χ1v) is 8.28. The molecule has 1 amide bonds. The molecule has 0 atom stereocenters. The maximum absolute atomic E-state index is 12.1. The zero-order chi connectivity index (χ0) is 18.5. The molecule has 0 bridgehead atoms. The fourth-order valence-corrected chi connectivity index (χ4v) is 2.40. The second-order valence-electron chi connectivity index (χ2n) is 5.27. The van der Waals surface area contributed by atoms with Crippen LogP contribution in [0.2, 0.25) is 10.0 Å². The Morgan fingerprint density at radius 2 is 1.96 bits per heavy atom. The Hall–Kier alpha value is -2.70. The van der Waals surface area contributed by atoms with E-state index < -0.39 is 11.3 Å². The summed E-state index contributed by atoms with van der Waals surface area (Å²) in [7, 11) is 0. The van der Waals surface area contributed by atoms with Gasteiger partial charge in [0.05, 0.1) is 22.9 Å². The Morgan fingerprint density at radius 1 is 1.12 bits per heavy atom. The van der Waals surface area contributed by atoms with Crippen molar-refractivity contribution in [2.75, 3.05) is 0 Å². The van der Waals surface area contributed by atoms with Crippen molar-refractivity contribution in [1.82, 2.24) is 5.32 Å². The summed E-state index contributed by atoms with van der Waals surface area (Å²) in [6.07, 6.45) is 2.60. The van der Waals surface area contributed by atoms with Crippen LogP contribution in [0.3, 0.4) is 0 Å². The fourth-order valence-electron chi connectivity index (χ4n) is 2.08. The average molecular weight is 394 g/mol. The fraction of sp³-hybridized carbons (Fsp3) is 0.111. The Balaban J connectivity index is 1.62. The second-order valence-corrected chi connectivity index (χ2v) is 6.09. The molecule has 0 aliphatic rings. The number of rotatable bonds is 6. The van der Waals surface area contributed by atoms with Crippen LogP contribution in [0.25, 0.3) is 0 Å². The maximum atomic E-state index is 12.1. The van der Waals surface area contributed by atoms with Crippen LogP contribution in [0.15, 0.2) is 62.6 Å². The monoisotopic (exact) mass is 393 g/mol. The molecule has 0 fully saturated rings. The topological polar surface area (TPSA) is 81.7 Å². The lowest BCUT2D eigenvalue weighted by atomic mass is 10.2. The number of furan rings is 1. The minimum atomic E-state index is -0.533. The normalized spacial score (nSPS) is 10.5. The molecule has 0 aliphatic heterocycles. The summed E-state index contributed by atoms with van der Waals surface area (Å²) in [5, 5.41) is 3.41. The van der Waals surface area contributed by atoms with Crippen LogP contribution in [0, 0.1) is 0 Å². The predicted molar refractivity (Wildman–Crippen MR) is 95.7 cm³/mol. The van der Waals surface area contributed by atoms with E-state index in [-0.39, 0.29) is 24.7 Å². The molecule has 2 heterocycles. The molecule has 0 saturated carbocycles. The van der Waals surface area contributed by atoms with Crippen molar-refractivity contribution in [3.05, 3.63) is 86.3 Å². The van der Waals surface area contributed by atoms with E-state index in [2.05, 4.69) is 5.32 Å². The molecular formula is C18H13Cl2NO5. The Kier molecular flexibility index (Phi) is 5.65. The van der Waals surface area contributed by atoms with Crippen LogP contribution in [0.5, 0.6) is 5.75 Å². The molecule has 8 heteroatoms. The van der Waals surface area contributed by atoms with Crippen LogP contribution >= 0.6 is 23.2 Å². The molecule has 6 nitrogen and oxygen atoms in total. The number of hydrogen-bond acceptors (Lipinski definition) is 5. The van der Waals surface area contributed by atoms with Crippen molar-refractivity contribution in [2.24, 2.45) is 0 Å². The van der Waals surface area contributed by atoms with Gasteiger partial charge >= 0.3 is 0 Å². The number of hydrogen-bond donors (Lipinski definition) is 1. The van der Waals surface area contributed by atoms with Crippen LogP contribution < -0.4 is 15.5 Å². The van der Waals surface area contributed by atoms with Crippen LogP contribution in [-0.4, -0.2) is 5.91 Å². The quantitative estimate of drug-likeness (QED) is 0.682. The van der Waals surface area contributed by atoms with Crippen molar-refractivity contribution in [1.29, 1.82) is 0 Å². The molecule has 26 heavy (non-hydrogen) atoms. The third-order valence-corrected chi connectivity index (χ3v) is 4.14. The summed E-state index contributed by atoms with van der Waals surface area (Å²) < 4.78 is 15.7. The first kappa shape index (κ1) is 18.1. The highest BCUT2D eigenvalue weighted by Crippen LogP contribution is 2.23. The zero-order valence-corrected chi connectivity index (χ0v) is 14.8. The van der Waals surface area contributed by atoms with E-state index in [1.54, 1.807) is 30.3 Å². The van der Waals surface area contributed by atoms with Crippen molar-refractivity contribution in [3.63, 3.8) is 0 Å². The Bertz CT molecular complexity index is 966. The molecule has 3 aromatic rings. The van der Waals surface area contributed by atoms with Crippen LogP contribution in [0.1, 0.15) is 21.9 Å². The van der Waals surface area contributed by atoms with Crippen molar-refractivity contribution in [2.45, 2.75) is 13.2 Å². The number of benzene rings is 1. The first-order chi connectivity index (χ1) is 12.5. The molecule has 134 valence electrons. The second kappa shape index (κ2) is 8.12. The highest BCUT2D eigenvalue weighted by Gasteiger charge is 2.12. The van der Waals surface area contributed by atoms with Gasteiger partial charge in [-0.3, -0.25) is 9.59 Å². The average Bonchev–Trinajstić information content (AvgIpc) is 3.15. The minimum absolute atomic E-state index is 0.0151. The Morgan fingerprint density at radius 3 is 2.65 bits per heavy atom. The standard InChI is InChI=1S/C18H13Cl2NO5/c19-13-4-3-11(6-14(13)20)9-25-17-10-26-16(7-15(17)22)18(23)21-8-12-2-1-5-24-12/h1-7,10H,8-9H2,(H,21,23). The van der Waals surface area contributed by atoms with E-state index in [4.69, 9.17) is 36.8 Å². The lowest BCUT2D eigenvalue weighted by Gasteiger charge is -2.07. The van der Waals surface area contributed by atoms with E-state index in [0.29, 0.717) is 15.8 Å². The van der Waals surface area contributed by atoms with Gasteiger partial charge in [0.1, 0.15) is 18.6 Å². The van der Waals surface area contributed by atoms with Gasteiger partial charge in [-0.2, -0.15) is 0 Å². The molecule has 2 aromatic heterocycles. The third-order valence-electron chi connectivity index (χ3n) is 3.40. The molecule has 3 rings (SSSR count). The summed E-state index contributed by atoms with van der Waals surface area (Å²) >= 11 is 11.8. The number of halogens is 2. The molecule has 0 aliphatic carbocycles. The van der Waals surface area contributed by atoms with Crippen molar-refractivity contribution in [3.8, 4) is 5.75 Å². The molecule has 1 N–H and O–H groups in total. The van der Waals surface area contributed by atoms with Gasteiger partial charge in [-0.05, 0) is 29.8 Å². The predicted octanol–water partition coefficient (Wildman–Crippen LogP) is 4.05. The molecule has 1 aromatic carbocycles. The van der Waals surface area contributed by atoms with E-state index in [1.807, 2.05) is 0 Å². The maximum Gasteiger partial charge on any atom is 0.287 e. The highest BCUT2D eigenvalue weighted by atomic mass is 35.5. The molecule has 0 unspecified atom stereocenters. The number of carbonyl (C=O) groups excluding carboxylic acids is 1. The smallest absolute Gasteiger partial charge is 0.287 e. The highest BCUT2D eigenvalue weighted by molar-refractivity contribution is 6.42. The van der Waals surface area contributed by atoms with E-state index in [1.165, 1.54) is 6.26 Å². The van der Waals surface area contributed by atoms with E-state index in [9.17, 15) is 9.59 Å². The summed E-state index contributed by atoms with van der Waals surface area (Å²) in [6, 6.07) is 9.51. The Labute approximate surface area is 158 Å². The number of carbonyl (C=O) groups is 1. The van der Waals surface area contributed by atoms with Gasteiger partial charge in [-0.25, -0.2) is 0 Å². The van der Waals surface area contributed by atoms with Crippen molar-refractivity contribution < 1.29 is 18.4 Å². The van der Waals surface area contributed by atoms with Crippen molar-refractivity contribution >= 4 is 29.1 Å². The summed E-state index contributed by atoms with van der Waals surface area (Å²) in [6.45, 7) is 0.288. The van der Waals surface area contributed by atoms with E-state index in [0.717, 1.165) is 17.9 Å². The zero-order valence-electron chi connectivity index (χ0n) is 13.3. The van der Waals surface area contributed by atoms with Gasteiger partial charge in [-0.15, -0.1) is 0 Å². The van der Waals surface area contributed by atoms with Crippen LogP contribution in [0.4, 0.5) is 0 Å². The van der Waals surface area contributed by atoms with Gasteiger partial charge in [0.25, 0.3) is 5.91 Å².